The van der Waals surface area contributed by atoms with Gasteiger partial charge in [0.1, 0.15) is 11.6 Å². The van der Waals surface area contributed by atoms with Gasteiger partial charge in [0, 0.05) is 19.8 Å². The number of ether oxygens (including phenoxy) is 1. The summed E-state index contributed by atoms with van der Waals surface area (Å²) < 4.78 is 5.19. The van der Waals surface area contributed by atoms with Gasteiger partial charge >= 0.3 is 0 Å². The van der Waals surface area contributed by atoms with Crippen molar-refractivity contribution < 1.29 is 9.53 Å². The van der Waals surface area contributed by atoms with E-state index in [0.29, 0.717) is 19.8 Å². The fourth-order valence-corrected chi connectivity index (χ4v) is 1.78. The number of carbonyl (C=O) groups is 1. The smallest absolute Gasteiger partial charge is 0.261 e. The Morgan fingerprint density at radius 1 is 1.33 bits per heavy atom. The van der Waals surface area contributed by atoms with Crippen LogP contribution in [0.2, 0.25) is 0 Å². The average Bonchev–Trinajstić information content (AvgIpc) is 2.52. The molecule has 0 bridgehead atoms. The minimum absolute atomic E-state index is 0.121. The molecule has 1 aromatic rings. The molecule has 21 heavy (non-hydrogen) atoms. The molecule has 4 nitrogen and oxygen atoms in total. The second-order valence-corrected chi connectivity index (χ2v) is 4.57. The summed E-state index contributed by atoms with van der Waals surface area (Å²) in [6, 6.07) is 9.78. The van der Waals surface area contributed by atoms with Gasteiger partial charge in [-0.3, -0.25) is 4.79 Å². The quantitative estimate of drug-likeness (QED) is 0.454. The van der Waals surface area contributed by atoms with Gasteiger partial charge in [-0.05, 0) is 37.0 Å². The van der Waals surface area contributed by atoms with E-state index in [1.54, 1.807) is 6.08 Å². The predicted molar refractivity (Wildman–Crippen MR) is 83.5 cm³/mol. The van der Waals surface area contributed by atoms with Crippen LogP contribution in [-0.4, -0.2) is 25.7 Å². The van der Waals surface area contributed by atoms with Crippen LogP contribution in [0.5, 0.6) is 0 Å². The largest absolute Gasteiger partial charge is 0.382 e. The second-order valence-electron chi connectivity index (χ2n) is 4.57. The Morgan fingerprint density at radius 2 is 2.05 bits per heavy atom. The summed E-state index contributed by atoms with van der Waals surface area (Å²) in [6.07, 6.45) is 3.32. The van der Waals surface area contributed by atoms with E-state index in [1.807, 2.05) is 37.3 Å². The number of hydrogen-bond acceptors (Lipinski definition) is 3. The van der Waals surface area contributed by atoms with Crippen LogP contribution in [0.1, 0.15) is 31.4 Å². The van der Waals surface area contributed by atoms with E-state index in [2.05, 4.69) is 12.2 Å². The molecule has 0 heterocycles. The van der Waals surface area contributed by atoms with Crippen LogP contribution in [0.4, 0.5) is 0 Å². The molecule has 0 radical (unpaired) electrons. The van der Waals surface area contributed by atoms with Gasteiger partial charge in [0.05, 0.1) is 0 Å². The first-order valence-corrected chi connectivity index (χ1v) is 7.28. The van der Waals surface area contributed by atoms with Gasteiger partial charge in [-0.2, -0.15) is 5.26 Å². The Balaban J connectivity index is 2.57. The molecule has 1 rings (SSSR count). The Labute approximate surface area is 126 Å². The molecule has 0 aliphatic rings. The zero-order valence-electron chi connectivity index (χ0n) is 12.7. The Morgan fingerprint density at radius 3 is 2.62 bits per heavy atom. The molecule has 0 spiro atoms. The normalized spacial score (nSPS) is 11.0. The number of aryl methyl sites for hydroxylation is 1. The van der Waals surface area contributed by atoms with Crippen molar-refractivity contribution in [2.24, 2.45) is 0 Å². The van der Waals surface area contributed by atoms with E-state index >= 15 is 0 Å². The van der Waals surface area contributed by atoms with Crippen molar-refractivity contribution >= 4 is 12.0 Å². The Bertz CT molecular complexity index is 513. The summed E-state index contributed by atoms with van der Waals surface area (Å²) in [5, 5.41) is 11.8. The lowest BCUT2D eigenvalue weighted by molar-refractivity contribution is -0.117. The lowest BCUT2D eigenvalue weighted by Crippen LogP contribution is -2.26. The van der Waals surface area contributed by atoms with Gasteiger partial charge < -0.3 is 10.1 Å². The third kappa shape index (κ3) is 6.24. The summed E-state index contributed by atoms with van der Waals surface area (Å²) in [4.78, 5) is 11.9. The van der Waals surface area contributed by atoms with E-state index in [1.165, 1.54) is 5.56 Å². The van der Waals surface area contributed by atoms with Crippen molar-refractivity contribution in [3.05, 3.63) is 41.0 Å². The summed E-state index contributed by atoms with van der Waals surface area (Å²) in [7, 11) is 0. The molecule has 0 fully saturated rings. The van der Waals surface area contributed by atoms with Gasteiger partial charge in [0.15, 0.2) is 0 Å². The highest BCUT2D eigenvalue weighted by atomic mass is 16.5. The molecule has 0 saturated carbocycles. The van der Waals surface area contributed by atoms with Crippen molar-refractivity contribution in [3.8, 4) is 6.07 Å². The van der Waals surface area contributed by atoms with Crippen molar-refractivity contribution in [1.29, 1.82) is 5.26 Å². The number of nitriles is 1. The standard InChI is InChI=1S/C17H22N2O2/c1-3-14-6-8-15(9-7-14)12-16(13-18)17(20)19-10-5-11-21-4-2/h6-9,12H,3-5,10-11H2,1-2H3,(H,19,20)/b16-12+. The number of nitrogens with zero attached hydrogens (tertiary/aromatic N) is 1. The van der Waals surface area contributed by atoms with E-state index in [9.17, 15) is 4.79 Å². The molecule has 1 aromatic carbocycles. The van der Waals surface area contributed by atoms with Crippen molar-refractivity contribution in [2.45, 2.75) is 26.7 Å². The molecule has 0 saturated heterocycles. The lowest BCUT2D eigenvalue weighted by Gasteiger charge is -2.04. The van der Waals surface area contributed by atoms with Gasteiger partial charge in [0.2, 0.25) is 0 Å². The lowest BCUT2D eigenvalue weighted by atomic mass is 10.1. The van der Waals surface area contributed by atoms with Crippen molar-refractivity contribution in [2.75, 3.05) is 19.8 Å². The van der Waals surface area contributed by atoms with Crippen molar-refractivity contribution in [1.82, 2.24) is 5.32 Å². The molecule has 1 N–H and O–H groups in total. The molecule has 0 unspecified atom stereocenters. The first-order valence-electron chi connectivity index (χ1n) is 7.28. The van der Waals surface area contributed by atoms with Crippen LogP contribution in [0.25, 0.3) is 6.08 Å². The van der Waals surface area contributed by atoms with Crippen LogP contribution >= 0.6 is 0 Å². The maximum Gasteiger partial charge on any atom is 0.261 e. The fraction of sp³-hybridized carbons (Fsp3) is 0.412. The number of amides is 1. The first kappa shape index (κ1) is 16.9. The number of benzene rings is 1. The number of nitrogens with one attached hydrogen (secondary N) is 1. The van der Waals surface area contributed by atoms with Crippen LogP contribution in [-0.2, 0) is 16.0 Å². The summed E-state index contributed by atoms with van der Waals surface area (Å²) in [5.74, 6) is -0.339. The molecule has 112 valence electrons. The maximum absolute atomic E-state index is 11.9. The zero-order valence-corrected chi connectivity index (χ0v) is 12.7. The van der Waals surface area contributed by atoms with Gasteiger partial charge in [0.25, 0.3) is 5.91 Å². The van der Waals surface area contributed by atoms with Crippen LogP contribution < -0.4 is 5.32 Å². The van der Waals surface area contributed by atoms with Crippen LogP contribution in [0.3, 0.4) is 0 Å². The maximum atomic E-state index is 11.9. The highest BCUT2D eigenvalue weighted by Crippen LogP contribution is 2.09. The molecule has 4 heteroatoms. The highest BCUT2D eigenvalue weighted by molar-refractivity contribution is 6.01. The third-order valence-electron chi connectivity index (χ3n) is 3.02. The second kappa shape index (κ2) is 9.73. The van der Waals surface area contributed by atoms with Gasteiger partial charge in [-0.25, -0.2) is 0 Å². The van der Waals surface area contributed by atoms with E-state index < -0.39 is 0 Å². The van der Waals surface area contributed by atoms with E-state index in [0.717, 1.165) is 18.4 Å². The Hall–Kier alpha value is -2.12. The van der Waals surface area contributed by atoms with Crippen LogP contribution in [0.15, 0.2) is 29.8 Å². The predicted octanol–water partition coefficient (Wildman–Crippen LogP) is 2.70. The molecule has 0 aliphatic heterocycles. The minimum Gasteiger partial charge on any atom is -0.382 e. The van der Waals surface area contributed by atoms with E-state index in [-0.39, 0.29) is 11.5 Å². The Kier molecular flexibility index (Phi) is 7.85. The van der Waals surface area contributed by atoms with Crippen LogP contribution in [0, 0.1) is 11.3 Å². The van der Waals surface area contributed by atoms with E-state index in [4.69, 9.17) is 10.00 Å². The van der Waals surface area contributed by atoms with Gasteiger partial charge in [-0.1, -0.05) is 31.2 Å². The minimum atomic E-state index is -0.339. The number of rotatable bonds is 8. The summed E-state index contributed by atoms with van der Waals surface area (Å²) in [6.45, 7) is 5.80. The fourth-order valence-electron chi connectivity index (χ4n) is 1.78. The molecular weight excluding hydrogens is 264 g/mol. The van der Waals surface area contributed by atoms with Crippen molar-refractivity contribution in [3.63, 3.8) is 0 Å². The number of hydrogen-bond donors (Lipinski definition) is 1. The SMILES string of the molecule is CCOCCCNC(=O)/C(C#N)=C/c1ccc(CC)cc1. The molecule has 0 atom stereocenters. The topological polar surface area (TPSA) is 62.1 Å². The molecular formula is C17H22N2O2. The molecule has 0 aliphatic carbocycles. The average molecular weight is 286 g/mol. The third-order valence-corrected chi connectivity index (χ3v) is 3.02. The molecule has 0 aromatic heterocycles. The molecule has 1 amide bonds. The zero-order chi connectivity index (χ0) is 15.5. The summed E-state index contributed by atoms with van der Waals surface area (Å²) >= 11 is 0. The highest BCUT2D eigenvalue weighted by Gasteiger charge is 2.08. The summed E-state index contributed by atoms with van der Waals surface area (Å²) in [5.41, 5.74) is 2.20. The van der Waals surface area contributed by atoms with Gasteiger partial charge in [-0.15, -0.1) is 0 Å². The monoisotopic (exact) mass is 286 g/mol. The first-order chi connectivity index (χ1) is 10.2. The number of carbonyl (C=O) groups excluding carboxylic acids is 1.